The Balaban J connectivity index is 2.45. The van der Waals surface area contributed by atoms with Gasteiger partial charge in [-0.25, -0.2) is 0 Å². The molecule has 0 aromatic rings. The first-order valence-electron chi connectivity index (χ1n) is 4.94. The van der Waals surface area contributed by atoms with Crippen molar-refractivity contribution in [3.8, 4) is 0 Å². The molecule has 1 heterocycles. The number of thiol groups is 1. The lowest BCUT2D eigenvalue weighted by Crippen LogP contribution is -2.48. The summed E-state index contributed by atoms with van der Waals surface area (Å²) in [5, 5.41) is 8.85. The summed E-state index contributed by atoms with van der Waals surface area (Å²) in [6, 6.07) is 0. The molecule has 0 unspecified atom stereocenters. The zero-order chi connectivity index (χ0) is 10.8. The van der Waals surface area contributed by atoms with Crippen molar-refractivity contribution >= 4 is 12.6 Å². The molecule has 0 aromatic carbocycles. The van der Waals surface area contributed by atoms with Crippen molar-refractivity contribution in [2.24, 2.45) is 5.41 Å². The third-order valence-electron chi connectivity index (χ3n) is 2.29. The second kappa shape index (κ2) is 4.39. The molecule has 0 spiro atoms. The molecule has 3 nitrogen and oxygen atoms in total. The average molecular weight is 220 g/mol. The van der Waals surface area contributed by atoms with E-state index < -0.39 is 0 Å². The van der Waals surface area contributed by atoms with Crippen LogP contribution in [0.2, 0.25) is 0 Å². The SMILES string of the molecule is CC(C)(C)C1OCC(S)(CCO)CO1. The summed E-state index contributed by atoms with van der Waals surface area (Å²) in [7, 11) is 0. The van der Waals surface area contributed by atoms with E-state index >= 15 is 0 Å². The van der Waals surface area contributed by atoms with Gasteiger partial charge in [0, 0.05) is 12.0 Å². The predicted molar refractivity (Wildman–Crippen MR) is 58.6 cm³/mol. The van der Waals surface area contributed by atoms with Gasteiger partial charge in [0.2, 0.25) is 0 Å². The summed E-state index contributed by atoms with van der Waals surface area (Å²) in [4.78, 5) is 0. The molecule has 0 bridgehead atoms. The number of aliphatic hydroxyl groups excluding tert-OH is 1. The quantitative estimate of drug-likeness (QED) is 0.692. The Labute approximate surface area is 91.2 Å². The normalized spacial score (nSPS) is 34.5. The van der Waals surface area contributed by atoms with E-state index in [1.165, 1.54) is 0 Å². The van der Waals surface area contributed by atoms with Crippen molar-refractivity contribution in [1.82, 2.24) is 0 Å². The molecule has 0 aliphatic carbocycles. The van der Waals surface area contributed by atoms with E-state index in [1.807, 2.05) is 0 Å². The maximum absolute atomic E-state index is 8.85. The number of ether oxygens (including phenoxy) is 2. The highest BCUT2D eigenvalue weighted by molar-refractivity contribution is 7.81. The van der Waals surface area contributed by atoms with Crippen LogP contribution in [0.3, 0.4) is 0 Å². The molecule has 1 N–H and O–H groups in total. The number of rotatable bonds is 2. The fourth-order valence-corrected chi connectivity index (χ4v) is 1.65. The van der Waals surface area contributed by atoms with E-state index in [0.29, 0.717) is 19.6 Å². The van der Waals surface area contributed by atoms with E-state index in [1.54, 1.807) is 0 Å². The topological polar surface area (TPSA) is 38.7 Å². The summed E-state index contributed by atoms with van der Waals surface area (Å²) >= 11 is 4.46. The van der Waals surface area contributed by atoms with Gasteiger partial charge in [0.25, 0.3) is 0 Å². The Morgan fingerprint density at radius 2 is 1.86 bits per heavy atom. The van der Waals surface area contributed by atoms with Crippen LogP contribution in [0.25, 0.3) is 0 Å². The first-order valence-corrected chi connectivity index (χ1v) is 5.39. The summed E-state index contributed by atoms with van der Waals surface area (Å²) in [5.41, 5.74) is -0.00563. The molecule has 1 aliphatic rings. The molecule has 1 rings (SSSR count). The van der Waals surface area contributed by atoms with Gasteiger partial charge in [-0.3, -0.25) is 0 Å². The van der Waals surface area contributed by atoms with Crippen LogP contribution in [-0.2, 0) is 9.47 Å². The van der Waals surface area contributed by atoms with E-state index in [0.717, 1.165) is 0 Å². The van der Waals surface area contributed by atoms with Crippen molar-refractivity contribution in [3.63, 3.8) is 0 Å². The van der Waals surface area contributed by atoms with E-state index in [2.05, 4.69) is 33.4 Å². The predicted octanol–water partition coefficient (Wildman–Crippen LogP) is 1.46. The molecule has 14 heavy (non-hydrogen) atoms. The van der Waals surface area contributed by atoms with Gasteiger partial charge in [-0.15, -0.1) is 0 Å². The largest absolute Gasteiger partial charge is 0.396 e. The van der Waals surface area contributed by atoms with Crippen LogP contribution in [0.5, 0.6) is 0 Å². The van der Waals surface area contributed by atoms with Gasteiger partial charge in [0.15, 0.2) is 6.29 Å². The number of hydrogen-bond donors (Lipinski definition) is 2. The first-order chi connectivity index (χ1) is 6.37. The zero-order valence-electron chi connectivity index (χ0n) is 9.12. The smallest absolute Gasteiger partial charge is 0.162 e. The maximum atomic E-state index is 8.85. The lowest BCUT2D eigenvalue weighted by Gasteiger charge is -2.41. The van der Waals surface area contributed by atoms with Crippen molar-refractivity contribution in [1.29, 1.82) is 0 Å². The van der Waals surface area contributed by atoms with Crippen LogP contribution >= 0.6 is 12.6 Å². The van der Waals surface area contributed by atoms with Crippen LogP contribution in [0.1, 0.15) is 27.2 Å². The lowest BCUT2D eigenvalue weighted by atomic mass is 9.94. The minimum absolute atomic E-state index is 0.00563. The molecule has 0 saturated carbocycles. The van der Waals surface area contributed by atoms with Gasteiger partial charge in [0.1, 0.15) is 0 Å². The second-order valence-electron chi connectivity index (χ2n) is 5.02. The molecule has 84 valence electrons. The maximum Gasteiger partial charge on any atom is 0.162 e. The minimum atomic E-state index is -0.323. The summed E-state index contributed by atoms with van der Waals surface area (Å²) in [6.45, 7) is 7.44. The number of hydrogen-bond acceptors (Lipinski definition) is 4. The highest BCUT2D eigenvalue weighted by atomic mass is 32.1. The first kappa shape index (κ1) is 12.3. The Kier molecular flexibility index (Phi) is 3.86. The molecule has 0 aromatic heterocycles. The van der Waals surface area contributed by atoms with Gasteiger partial charge >= 0.3 is 0 Å². The number of aliphatic hydroxyl groups is 1. The monoisotopic (exact) mass is 220 g/mol. The molecule has 1 aliphatic heterocycles. The van der Waals surface area contributed by atoms with E-state index in [-0.39, 0.29) is 23.1 Å². The van der Waals surface area contributed by atoms with Crippen LogP contribution < -0.4 is 0 Å². The van der Waals surface area contributed by atoms with Crippen LogP contribution in [0, 0.1) is 5.41 Å². The van der Waals surface area contributed by atoms with Crippen molar-refractivity contribution < 1.29 is 14.6 Å². The third kappa shape index (κ3) is 3.12. The molecule has 0 atom stereocenters. The van der Waals surface area contributed by atoms with E-state index in [9.17, 15) is 0 Å². The average Bonchev–Trinajstić information content (AvgIpc) is 2.03. The molecule has 1 saturated heterocycles. The van der Waals surface area contributed by atoms with E-state index in [4.69, 9.17) is 14.6 Å². The lowest BCUT2D eigenvalue weighted by molar-refractivity contribution is -0.235. The Morgan fingerprint density at radius 3 is 2.21 bits per heavy atom. The summed E-state index contributed by atoms with van der Waals surface area (Å²) < 4.78 is 10.9. The third-order valence-corrected chi connectivity index (χ3v) is 2.77. The van der Waals surface area contributed by atoms with Crippen LogP contribution in [0.4, 0.5) is 0 Å². The molecule has 0 amide bonds. The Morgan fingerprint density at radius 1 is 1.36 bits per heavy atom. The van der Waals surface area contributed by atoms with Gasteiger partial charge in [-0.05, 0) is 6.42 Å². The molecular formula is C10H20O3S. The van der Waals surface area contributed by atoms with Gasteiger partial charge in [-0.2, -0.15) is 12.6 Å². The molecule has 0 radical (unpaired) electrons. The fourth-order valence-electron chi connectivity index (χ4n) is 1.40. The minimum Gasteiger partial charge on any atom is -0.396 e. The van der Waals surface area contributed by atoms with Crippen molar-refractivity contribution in [3.05, 3.63) is 0 Å². The Hall–Kier alpha value is 0.230. The van der Waals surface area contributed by atoms with Crippen LogP contribution in [-0.4, -0.2) is 36.0 Å². The van der Waals surface area contributed by atoms with Gasteiger partial charge in [-0.1, -0.05) is 20.8 Å². The molecule has 1 fully saturated rings. The summed E-state index contributed by atoms with van der Waals surface area (Å²) in [6.07, 6.45) is 0.439. The zero-order valence-corrected chi connectivity index (χ0v) is 10.0. The standard InChI is InChI=1S/C10H20O3S/c1-9(2,3)8-12-6-10(14,4-5-11)7-13-8/h8,11,14H,4-7H2,1-3H3. The fraction of sp³-hybridized carbons (Fsp3) is 1.00. The van der Waals surface area contributed by atoms with Gasteiger partial charge < -0.3 is 14.6 Å². The summed E-state index contributed by atoms with van der Waals surface area (Å²) in [5.74, 6) is 0. The highest BCUT2D eigenvalue weighted by Crippen LogP contribution is 2.32. The van der Waals surface area contributed by atoms with Crippen molar-refractivity contribution in [2.45, 2.75) is 38.2 Å². The molecule has 4 heteroatoms. The second-order valence-corrected chi connectivity index (χ2v) is 5.97. The van der Waals surface area contributed by atoms with Crippen LogP contribution in [0.15, 0.2) is 0 Å². The van der Waals surface area contributed by atoms with Gasteiger partial charge in [0.05, 0.1) is 18.0 Å². The molecular weight excluding hydrogens is 200 g/mol. The highest BCUT2D eigenvalue weighted by Gasteiger charge is 2.37. The van der Waals surface area contributed by atoms with Crippen molar-refractivity contribution in [2.75, 3.05) is 19.8 Å². The Bertz CT molecular complexity index is 180.